The first kappa shape index (κ1) is 29.4. The fourth-order valence-corrected chi connectivity index (χ4v) is 6.10. The summed E-state index contributed by atoms with van der Waals surface area (Å²) < 4.78 is 16.3. The molecule has 4 heterocycles. The number of rotatable bonds is 8. The first-order chi connectivity index (χ1) is 20.1. The molecule has 4 aromatic rings. The maximum absolute atomic E-state index is 15.0. The molecular formula is C31H36FN7O2S. The molecule has 0 aliphatic carbocycles. The Labute approximate surface area is 249 Å². The molecule has 0 atom stereocenters. The number of carbonyl (C=O) groups is 1. The van der Waals surface area contributed by atoms with E-state index in [9.17, 15) is 9.59 Å². The SMILES string of the molecule is CCc1sc(C(=O)Nc2ccc(F)c(-c3cn(C)c(=O)c(Nc4ccc(N5CCN(C)CC5)cc4)n3)n2)cc1C(C)C. The second-order valence-corrected chi connectivity index (χ2v) is 12.0. The normalized spacial score (nSPS) is 13.9. The molecule has 9 nitrogen and oxygen atoms in total. The zero-order valence-electron chi connectivity index (χ0n) is 24.6. The summed E-state index contributed by atoms with van der Waals surface area (Å²) in [7, 11) is 3.70. The van der Waals surface area contributed by atoms with E-state index >= 15 is 4.39 Å². The second kappa shape index (κ2) is 12.4. The zero-order chi connectivity index (χ0) is 30.0. The molecule has 1 saturated heterocycles. The monoisotopic (exact) mass is 589 g/mol. The van der Waals surface area contributed by atoms with Gasteiger partial charge in [-0.1, -0.05) is 20.8 Å². The van der Waals surface area contributed by atoms with Gasteiger partial charge in [0.05, 0.1) is 4.88 Å². The van der Waals surface area contributed by atoms with Gasteiger partial charge in [-0.3, -0.25) is 9.59 Å². The van der Waals surface area contributed by atoms with Gasteiger partial charge in [0, 0.05) is 55.7 Å². The number of nitrogens with one attached hydrogen (secondary N) is 2. The smallest absolute Gasteiger partial charge is 0.293 e. The third kappa shape index (κ3) is 6.37. The lowest BCUT2D eigenvalue weighted by molar-refractivity contribution is 0.103. The van der Waals surface area contributed by atoms with Crippen LogP contribution in [0.3, 0.4) is 0 Å². The lowest BCUT2D eigenvalue weighted by Crippen LogP contribution is -2.44. The van der Waals surface area contributed by atoms with Crippen molar-refractivity contribution in [2.24, 2.45) is 7.05 Å². The molecule has 0 unspecified atom stereocenters. The number of anilines is 4. The number of hydrogen-bond acceptors (Lipinski definition) is 8. The van der Waals surface area contributed by atoms with Gasteiger partial charge in [-0.15, -0.1) is 11.3 Å². The molecule has 0 bridgehead atoms. The summed E-state index contributed by atoms with van der Waals surface area (Å²) in [5.74, 6) is -0.374. The summed E-state index contributed by atoms with van der Waals surface area (Å²) in [6.07, 6.45) is 2.28. The van der Waals surface area contributed by atoms with Gasteiger partial charge in [0.25, 0.3) is 11.5 Å². The molecule has 1 fully saturated rings. The van der Waals surface area contributed by atoms with Gasteiger partial charge in [-0.2, -0.15) is 0 Å². The molecule has 0 spiro atoms. The van der Waals surface area contributed by atoms with Gasteiger partial charge in [0.2, 0.25) is 0 Å². The number of pyridine rings is 1. The fourth-order valence-electron chi connectivity index (χ4n) is 4.95. The van der Waals surface area contributed by atoms with Crippen LogP contribution in [0.1, 0.15) is 46.8 Å². The summed E-state index contributed by atoms with van der Waals surface area (Å²) in [6, 6.07) is 12.4. The van der Waals surface area contributed by atoms with Crippen LogP contribution in [0.25, 0.3) is 11.4 Å². The van der Waals surface area contributed by atoms with Crippen molar-refractivity contribution in [2.45, 2.75) is 33.1 Å². The highest BCUT2D eigenvalue weighted by molar-refractivity contribution is 7.14. The Morgan fingerprint density at radius 2 is 1.76 bits per heavy atom. The molecule has 1 aromatic carbocycles. The summed E-state index contributed by atoms with van der Waals surface area (Å²) in [4.78, 5) is 41.1. The number of piperazine rings is 1. The first-order valence-corrected chi connectivity index (χ1v) is 14.9. The first-order valence-electron chi connectivity index (χ1n) is 14.1. The molecule has 0 saturated carbocycles. The topological polar surface area (TPSA) is 95.4 Å². The Morgan fingerprint density at radius 1 is 1.05 bits per heavy atom. The van der Waals surface area contributed by atoms with Crippen LogP contribution in [0.4, 0.5) is 27.4 Å². The third-order valence-corrected chi connectivity index (χ3v) is 8.70. The van der Waals surface area contributed by atoms with Gasteiger partial charge < -0.3 is 25.0 Å². The predicted octanol–water partition coefficient (Wildman–Crippen LogP) is 5.48. The maximum atomic E-state index is 15.0. The standard InChI is InChI=1S/C31H36FN7O2S/c1-6-25-22(19(2)3)17-26(42-25)30(40)36-27-12-11-23(32)28(35-27)24-18-38(5)31(41)29(34-24)33-20-7-9-21(10-8-20)39-15-13-37(4)14-16-39/h7-12,17-19H,6,13-16H2,1-5H3,(H,33,34)(H,35,36,40). The van der Waals surface area contributed by atoms with Gasteiger partial charge in [-0.25, -0.2) is 14.4 Å². The number of aryl methyl sites for hydroxylation is 2. The zero-order valence-corrected chi connectivity index (χ0v) is 25.4. The lowest BCUT2D eigenvalue weighted by Gasteiger charge is -2.34. The van der Waals surface area contributed by atoms with Gasteiger partial charge in [-0.05, 0) is 67.4 Å². The Kier molecular flexibility index (Phi) is 8.69. The van der Waals surface area contributed by atoms with E-state index in [0.717, 1.165) is 43.9 Å². The molecule has 1 amide bonds. The highest BCUT2D eigenvalue weighted by Crippen LogP contribution is 2.30. The molecule has 0 radical (unpaired) electrons. The van der Waals surface area contributed by atoms with E-state index in [4.69, 9.17) is 0 Å². The molecule has 2 N–H and O–H groups in total. The summed E-state index contributed by atoms with van der Waals surface area (Å²) in [6.45, 7) is 10.2. The number of halogens is 1. The van der Waals surface area contributed by atoms with Crippen molar-refractivity contribution in [3.63, 3.8) is 0 Å². The van der Waals surface area contributed by atoms with Crippen LogP contribution in [0.2, 0.25) is 0 Å². The minimum atomic E-state index is -0.617. The van der Waals surface area contributed by atoms with Crippen LogP contribution >= 0.6 is 11.3 Å². The molecular weight excluding hydrogens is 553 g/mol. The number of hydrogen-bond donors (Lipinski definition) is 2. The number of carbonyl (C=O) groups excluding carboxylic acids is 1. The number of aromatic nitrogens is 3. The molecule has 1 aliphatic heterocycles. The van der Waals surface area contributed by atoms with Crippen LogP contribution in [0.15, 0.2) is 53.5 Å². The second-order valence-electron chi connectivity index (χ2n) is 10.8. The van der Waals surface area contributed by atoms with Gasteiger partial charge in [0.1, 0.15) is 17.2 Å². The summed E-state index contributed by atoms with van der Waals surface area (Å²) in [5.41, 5.74) is 2.68. The van der Waals surface area contributed by atoms with E-state index < -0.39 is 5.82 Å². The third-order valence-electron chi connectivity index (χ3n) is 7.41. The molecule has 3 aromatic heterocycles. The Hall–Kier alpha value is -4.09. The van der Waals surface area contributed by atoms with Crippen molar-refractivity contribution in [3.05, 3.63) is 80.2 Å². The highest BCUT2D eigenvalue weighted by Gasteiger charge is 2.19. The van der Waals surface area contributed by atoms with Crippen LogP contribution in [-0.4, -0.2) is 58.6 Å². The average molecular weight is 590 g/mol. The quantitative estimate of drug-likeness (QED) is 0.281. The number of thiophene rings is 1. The van der Waals surface area contributed by atoms with Crippen LogP contribution in [0.5, 0.6) is 0 Å². The predicted molar refractivity (Wildman–Crippen MR) is 168 cm³/mol. The molecule has 42 heavy (non-hydrogen) atoms. The number of benzene rings is 1. The Balaban J connectivity index is 1.37. The van der Waals surface area contributed by atoms with E-state index in [0.29, 0.717) is 16.5 Å². The summed E-state index contributed by atoms with van der Waals surface area (Å²) >= 11 is 1.46. The molecule has 11 heteroatoms. The van der Waals surface area contributed by atoms with Crippen LogP contribution in [0, 0.1) is 5.82 Å². The number of likely N-dealkylation sites (N-methyl/N-ethyl adjacent to an activating group) is 1. The Bertz CT molecular complexity index is 1640. The number of nitrogens with zero attached hydrogens (tertiary/aromatic N) is 5. The van der Waals surface area contributed by atoms with Gasteiger partial charge >= 0.3 is 0 Å². The van der Waals surface area contributed by atoms with Crippen LogP contribution in [-0.2, 0) is 13.5 Å². The largest absolute Gasteiger partial charge is 0.369 e. The van der Waals surface area contributed by atoms with Gasteiger partial charge in [0.15, 0.2) is 11.6 Å². The van der Waals surface area contributed by atoms with E-state index in [1.54, 1.807) is 7.05 Å². The fraction of sp³-hybridized carbons (Fsp3) is 0.355. The lowest BCUT2D eigenvalue weighted by atomic mass is 10.0. The molecule has 5 rings (SSSR count). The van der Waals surface area contributed by atoms with Crippen molar-refractivity contribution in [1.82, 2.24) is 19.4 Å². The highest BCUT2D eigenvalue weighted by atomic mass is 32.1. The number of amides is 1. The Morgan fingerprint density at radius 3 is 2.40 bits per heavy atom. The van der Waals surface area contributed by atoms with E-state index in [2.05, 4.69) is 58.2 Å². The molecule has 1 aliphatic rings. The van der Waals surface area contributed by atoms with Crippen molar-refractivity contribution in [3.8, 4) is 11.4 Å². The van der Waals surface area contributed by atoms with Crippen molar-refractivity contribution < 1.29 is 9.18 Å². The van der Waals surface area contributed by atoms with Crippen molar-refractivity contribution in [1.29, 1.82) is 0 Å². The average Bonchev–Trinajstić information content (AvgIpc) is 3.43. The van der Waals surface area contributed by atoms with Crippen LogP contribution < -0.4 is 21.1 Å². The minimum Gasteiger partial charge on any atom is -0.369 e. The maximum Gasteiger partial charge on any atom is 0.293 e. The summed E-state index contributed by atoms with van der Waals surface area (Å²) in [5, 5.41) is 5.87. The van der Waals surface area contributed by atoms with Crippen molar-refractivity contribution in [2.75, 3.05) is 48.8 Å². The van der Waals surface area contributed by atoms with E-state index in [-0.39, 0.29) is 34.5 Å². The van der Waals surface area contributed by atoms with E-state index in [1.807, 2.05) is 30.3 Å². The molecule has 220 valence electrons. The van der Waals surface area contributed by atoms with E-state index in [1.165, 1.54) is 39.1 Å². The minimum absolute atomic E-state index is 0.0462. The van der Waals surface area contributed by atoms with Crippen molar-refractivity contribution >= 4 is 40.3 Å².